The fourth-order valence-corrected chi connectivity index (χ4v) is 3.84. The Labute approximate surface area is 168 Å². The Bertz CT molecular complexity index is 912. The highest BCUT2D eigenvalue weighted by molar-refractivity contribution is 5.27. The van der Waals surface area contributed by atoms with Gasteiger partial charge in [0.1, 0.15) is 5.82 Å². The predicted molar refractivity (Wildman–Crippen MR) is 114 cm³/mol. The number of halogens is 1. The van der Waals surface area contributed by atoms with Crippen LogP contribution in [0.1, 0.15) is 79.4 Å². The van der Waals surface area contributed by atoms with E-state index < -0.39 is 0 Å². The van der Waals surface area contributed by atoms with Gasteiger partial charge >= 0.3 is 0 Å². The molecular weight excluding hydrogens is 347 g/mol. The average Bonchev–Trinajstić information content (AvgIpc) is 3.06. The van der Waals surface area contributed by atoms with Gasteiger partial charge < -0.3 is 0 Å². The Hall–Kier alpha value is -2.42. The monoisotopic (exact) mass is 378 g/mol. The van der Waals surface area contributed by atoms with E-state index in [9.17, 15) is 4.39 Å². The van der Waals surface area contributed by atoms with Crippen LogP contribution in [0.5, 0.6) is 0 Å². The van der Waals surface area contributed by atoms with Crippen molar-refractivity contribution in [3.8, 4) is 0 Å². The fourth-order valence-electron chi connectivity index (χ4n) is 3.84. The molecule has 1 aromatic heterocycles. The van der Waals surface area contributed by atoms with E-state index in [1.165, 1.54) is 11.1 Å². The Morgan fingerprint density at radius 1 is 0.929 bits per heavy atom. The Morgan fingerprint density at radius 2 is 1.64 bits per heavy atom. The van der Waals surface area contributed by atoms with Crippen LogP contribution in [0.15, 0.2) is 54.7 Å². The maximum absolute atomic E-state index is 14.0. The Kier molecular flexibility index (Phi) is 6.33. The van der Waals surface area contributed by atoms with E-state index in [4.69, 9.17) is 5.10 Å². The number of rotatable bonds is 7. The summed E-state index contributed by atoms with van der Waals surface area (Å²) in [4.78, 5) is 0. The van der Waals surface area contributed by atoms with Gasteiger partial charge in [0.15, 0.2) is 0 Å². The smallest absolute Gasteiger partial charge is 0.126 e. The molecule has 0 aliphatic heterocycles. The van der Waals surface area contributed by atoms with Gasteiger partial charge in [-0.25, -0.2) is 4.39 Å². The van der Waals surface area contributed by atoms with Gasteiger partial charge in [-0.3, -0.25) is 4.68 Å². The summed E-state index contributed by atoms with van der Waals surface area (Å²) < 4.78 is 16.1. The molecule has 0 N–H and O–H groups in total. The molecule has 2 aromatic carbocycles. The van der Waals surface area contributed by atoms with Gasteiger partial charge in [-0.15, -0.1) is 0 Å². The zero-order valence-corrected chi connectivity index (χ0v) is 17.6. The highest BCUT2D eigenvalue weighted by atomic mass is 19.1. The molecule has 0 saturated heterocycles. The molecule has 3 rings (SSSR count). The summed E-state index contributed by atoms with van der Waals surface area (Å²) in [6, 6.07) is 16.4. The molecule has 28 heavy (non-hydrogen) atoms. The molecule has 0 spiro atoms. The second-order valence-electron chi connectivity index (χ2n) is 8.22. The van der Waals surface area contributed by atoms with Gasteiger partial charge in [-0.2, -0.15) is 5.10 Å². The van der Waals surface area contributed by atoms with Crippen molar-refractivity contribution in [1.29, 1.82) is 0 Å². The maximum Gasteiger partial charge on any atom is 0.126 e. The Morgan fingerprint density at radius 3 is 2.25 bits per heavy atom. The summed E-state index contributed by atoms with van der Waals surface area (Å²) in [6.07, 6.45) is 4.13. The minimum Gasteiger partial charge on any atom is -0.265 e. The molecule has 3 aromatic rings. The van der Waals surface area contributed by atoms with Crippen molar-refractivity contribution < 1.29 is 4.39 Å². The van der Waals surface area contributed by atoms with Gasteiger partial charge in [0.05, 0.1) is 11.7 Å². The number of aromatic nitrogens is 2. The van der Waals surface area contributed by atoms with Crippen LogP contribution < -0.4 is 0 Å². The van der Waals surface area contributed by atoms with Crippen LogP contribution in [-0.2, 0) is 0 Å². The summed E-state index contributed by atoms with van der Waals surface area (Å²) in [5, 5.41) is 4.84. The molecule has 0 bridgehead atoms. The lowest BCUT2D eigenvalue weighted by Gasteiger charge is -2.21. The average molecular weight is 379 g/mol. The van der Waals surface area contributed by atoms with Crippen LogP contribution >= 0.6 is 0 Å². The molecule has 0 amide bonds. The van der Waals surface area contributed by atoms with Crippen LogP contribution in [0.25, 0.3) is 0 Å². The van der Waals surface area contributed by atoms with Crippen LogP contribution in [0.4, 0.5) is 4.39 Å². The number of hydrogen-bond donors (Lipinski definition) is 0. The van der Waals surface area contributed by atoms with Crippen LogP contribution in [0.2, 0.25) is 0 Å². The highest BCUT2D eigenvalue weighted by Crippen LogP contribution is 2.31. The molecule has 0 radical (unpaired) electrons. The van der Waals surface area contributed by atoms with Crippen molar-refractivity contribution >= 4 is 0 Å². The third-order valence-electron chi connectivity index (χ3n) is 5.72. The first-order valence-corrected chi connectivity index (χ1v) is 10.2. The van der Waals surface area contributed by atoms with E-state index in [0.29, 0.717) is 17.4 Å². The van der Waals surface area contributed by atoms with Gasteiger partial charge in [0.2, 0.25) is 0 Å². The molecular formula is C25H31FN2. The van der Waals surface area contributed by atoms with Crippen molar-refractivity contribution in [2.45, 2.75) is 65.3 Å². The molecule has 0 aliphatic carbocycles. The second kappa shape index (κ2) is 8.72. The zero-order valence-electron chi connectivity index (χ0n) is 17.6. The highest BCUT2D eigenvalue weighted by Gasteiger charge is 2.19. The largest absolute Gasteiger partial charge is 0.265 e. The van der Waals surface area contributed by atoms with Crippen LogP contribution in [0, 0.1) is 19.7 Å². The van der Waals surface area contributed by atoms with Crippen molar-refractivity contribution in [3.05, 3.63) is 88.5 Å². The summed E-state index contributed by atoms with van der Waals surface area (Å²) >= 11 is 0. The van der Waals surface area contributed by atoms with E-state index in [-0.39, 0.29) is 11.9 Å². The number of hydrogen-bond acceptors (Lipinski definition) is 1. The Balaban J connectivity index is 1.84. The SMILES string of the molecule is Cc1ccc(C(C)CC[C@@H](c2ccccc2)n2cc(C(C)C)c(C)n2)cc1F. The first-order chi connectivity index (χ1) is 13.4. The molecule has 0 fully saturated rings. The normalized spacial score (nSPS) is 13.7. The minimum absolute atomic E-state index is 0.117. The van der Waals surface area contributed by atoms with Crippen molar-refractivity contribution in [2.75, 3.05) is 0 Å². The van der Waals surface area contributed by atoms with Crippen molar-refractivity contribution in [1.82, 2.24) is 9.78 Å². The summed E-state index contributed by atoms with van der Waals surface area (Å²) in [5.41, 5.74) is 5.43. The summed E-state index contributed by atoms with van der Waals surface area (Å²) in [5.74, 6) is 0.635. The quantitative estimate of drug-likeness (QED) is 0.435. The number of aryl methyl sites for hydroxylation is 2. The molecule has 2 nitrogen and oxygen atoms in total. The molecule has 1 heterocycles. The van der Waals surface area contributed by atoms with E-state index in [1.807, 2.05) is 19.1 Å². The van der Waals surface area contributed by atoms with Gasteiger partial charge in [0, 0.05) is 6.20 Å². The van der Waals surface area contributed by atoms with E-state index in [0.717, 1.165) is 24.1 Å². The van der Waals surface area contributed by atoms with Crippen molar-refractivity contribution in [2.24, 2.45) is 0 Å². The van der Waals surface area contributed by atoms with Crippen LogP contribution in [0.3, 0.4) is 0 Å². The lowest BCUT2D eigenvalue weighted by molar-refractivity contribution is 0.453. The minimum atomic E-state index is -0.117. The fraction of sp³-hybridized carbons (Fsp3) is 0.400. The topological polar surface area (TPSA) is 17.8 Å². The first kappa shape index (κ1) is 20.3. The van der Waals surface area contributed by atoms with Gasteiger partial charge in [-0.1, -0.05) is 63.2 Å². The van der Waals surface area contributed by atoms with E-state index >= 15 is 0 Å². The summed E-state index contributed by atoms with van der Waals surface area (Å²) in [6.45, 7) is 10.5. The number of benzene rings is 2. The second-order valence-corrected chi connectivity index (χ2v) is 8.22. The molecule has 2 atom stereocenters. The first-order valence-electron chi connectivity index (χ1n) is 10.2. The third kappa shape index (κ3) is 4.52. The molecule has 3 heteroatoms. The van der Waals surface area contributed by atoms with E-state index in [2.05, 4.69) is 68.9 Å². The third-order valence-corrected chi connectivity index (χ3v) is 5.72. The van der Waals surface area contributed by atoms with E-state index in [1.54, 1.807) is 6.07 Å². The van der Waals surface area contributed by atoms with Crippen LogP contribution in [-0.4, -0.2) is 9.78 Å². The zero-order chi connectivity index (χ0) is 20.3. The predicted octanol–water partition coefficient (Wildman–Crippen LogP) is 6.94. The van der Waals surface area contributed by atoms with Crippen molar-refractivity contribution in [3.63, 3.8) is 0 Å². The summed E-state index contributed by atoms with van der Waals surface area (Å²) in [7, 11) is 0. The molecule has 0 saturated carbocycles. The van der Waals surface area contributed by atoms with Gasteiger partial charge in [-0.05, 0) is 66.8 Å². The number of nitrogens with zero attached hydrogens (tertiary/aromatic N) is 2. The van der Waals surface area contributed by atoms with Gasteiger partial charge in [0.25, 0.3) is 0 Å². The molecule has 148 valence electrons. The maximum atomic E-state index is 14.0. The molecule has 0 aliphatic rings. The lowest BCUT2D eigenvalue weighted by atomic mass is 9.91. The standard InChI is InChI=1S/C25H31FN2/c1-17(2)23-16-28(27-20(23)5)25(21-9-7-6-8-10-21)14-12-18(3)22-13-11-19(4)24(26)15-22/h6-11,13,15-18,25H,12,14H2,1-5H3/t18?,25-/m0/s1. The lowest BCUT2D eigenvalue weighted by Crippen LogP contribution is -2.13. The molecule has 1 unspecified atom stereocenters.